The number of rotatable bonds is 0. The van der Waals surface area contributed by atoms with Crippen LogP contribution in [0.3, 0.4) is 0 Å². The van der Waals surface area contributed by atoms with Crippen molar-refractivity contribution in [1.29, 1.82) is 0 Å². The molecular formula is C34H18O2. The van der Waals surface area contributed by atoms with Crippen LogP contribution < -0.4 is 0 Å². The van der Waals surface area contributed by atoms with Crippen LogP contribution in [0.15, 0.2) is 118 Å². The lowest BCUT2D eigenvalue weighted by Gasteiger charge is -2.18. The molecule has 0 saturated carbocycles. The number of benzene rings is 7. The molecule has 0 aliphatic carbocycles. The molecule has 0 amide bonds. The van der Waals surface area contributed by atoms with Gasteiger partial charge in [0.1, 0.15) is 22.3 Å². The van der Waals surface area contributed by atoms with E-state index in [1.165, 1.54) is 43.1 Å². The summed E-state index contributed by atoms with van der Waals surface area (Å²) in [6.07, 6.45) is 0. The summed E-state index contributed by atoms with van der Waals surface area (Å²) in [5.41, 5.74) is 3.67. The highest BCUT2D eigenvalue weighted by Crippen LogP contribution is 2.47. The van der Waals surface area contributed by atoms with Crippen LogP contribution in [0.5, 0.6) is 0 Å². The molecule has 2 heterocycles. The van der Waals surface area contributed by atoms with E-state index in [4.69, 9.17) is 8.83 Å². The van der Waals surface area contributed by atoms with E-state index in [1.807, 2.05) is 0 Å². The van der Waals surface area contributed by atoms with Gasteiger partial charge in [-0.05, 0) is 45.8 Å². The number of hydrogen-bond donors (Lipinski definition) is 0. The Morgan fingerprint density at radius 1 is 0.306 bits per heavy atom. The molecule has 0 aliphatic heterocycles. The van der Waals surface area contributed by atoms with Gasteiger partial charge >= 0.3 is 0 Å². The lowest BCUT2D eigenvalue weighted by Crippen LogP contribution is -1.91. The summed E-state index contributed by atoms with van der Waals surface area (Å²) in [4.78, 5) is 0. The van der Waals surface area contributed by atoms with E-state index in [-0.39, 0.29) is 0 Å². The first-order valence-corrected chi connectivity index (χ1v) is 12.3. The first-order chi connectivity index (χ1) is 17.9. The molecule has 0 saturated heterocycles. The molecule has 0 fully saturated rings. The van der Waals surface area contributed by atoms with Gasteiger partial charge in [0.25, 0.3) is 0 Å². The molecule has 2 aromatic heterocycles. The molecule has 0 aliphatic rings. The third-order valence-corrected chi connectivity index (χ3v) is 7.81. The topological polar surface area (TPSA) is 26.3 Å². The Morgan fingerprint density at radius 2 is 0.750 bits per heavy atom. The smallest absolute Gasteiger partial charge is 0.143 e. The van der Waals surface area contributed by atoms with Gasteiger partial charge in [-0.2, -0.15) is 0 Å². The molecule has 0 N–H and O–H groups in total. The minimum absolute atomic E-state index is 0.906. The lowest BCUT2D eigenvalue weighted by molar-refractivity contribution is 0.665. The average molecular weight is 459 g/mol. The van der Waals surface area contributed by atoms with Crippen LogP contribution in [0.2, 0.25) is 0 Å². The van der Waals surface area contributed by atoms with Crippen LogP contribution in [0.1, 0.15) is 0 Å². The van der Waals surface area contributed by atoms with Crippen molar-refractivity contribution < 1.29 is 8.83 Å². The Labute approximate surface area is 204 Å². The van der Waals surface area contributed by atoms with Gasteiger partial charge in [-0.3, -0.25) is 0 Å². The van der Waals surface area contributed by atoms with Crippen LogP contribution in [-0.2, 0) is 0 Å². The highest BCUT2D eigenvalue weighted by molar-refractivity contribution is 6.40. The highest BCUT2D eigenvalue weighted by Gasteiger charge is 2.21. The van der Waals surface area contributed by atoms with Crippen LogP contribution in [0, 0.1) is 0 Å². The van der Waals surface area contributed by atoms with E-state index in [2.05, 4.69) is 109 Å². The Hall–Kier alpha value is -4.82. The third-order valence-electron chi connectivity index (χ3n) is 7.81. The highest BCUT2D eigenvalue weighted by atomic mass is 16.3. The SMILES string of the molecule is c1ccc2c(c1)ccc1c2oc2cccc3c2c1c1cccc2oc4c5ccccc5ccc4c3c21. The van der Waals surface area contributed by atoms with E-state index in [0.717, 1.165) is 43.9 Å². The van der Waals surface area contributed by atoms with Crippen molar-refractivity contribution in [3.05, 3.63) is 109 Å². The largest absolute Gasteiger partial charge is 0.455 e. The molecule has 9 rings (SSSR count). The molecular weight excluding hydrogens is 440 g/mol. The molecule has 7 aromatic carbocycles. The van der Waals surface area contributed by atoms with Crippen molar-refractivity contribution in [2.24, 2.45) is 0 Å². The van der Waals surface area contributed by atoms with Crippen LogP contribution in [-0.4, -0.2) is 0 Å². The summed E-state index contributed by atoms with van der Waals surface area (Å²) in [6, 6.07) is 38.6. The van der Waals surface area contributed by atoms with Crippen molar-refractivity contribution in [2.75, 3.05) is 0 Å². The fraction of sp³-hybridized carbons (Fsp3) is 0. The molecule has 166 valence electrons. The second-order valence-corrected chi connectivity index (χ2v) is 9.64. The van der Waals surface area contributed by atoms with E-state index >= 15 is 0 Å². The third kappa shape index (κ3) is 2.18. The second-order valence-electron chi connectivity index (χ2n) is 9.64. The quantitative estimate of drug-likeness (QED) is 0.167. The van der Waals surface area contributed by atoms with E-state index in [1.54, 1.807) is 0 Å². The van der Waals surface area contributed by atoms with Gasteiger partial charge in [0.05, 0.1) is 0 Å². The molecule has 0 radical (unpaired) electrons. The monoisotopic (exact) mass is 458 g/mol. The Balaban J connectivity index is 1.65. The summed E-state index contributed by atoms with van der Waals surface area (Å²) in [5, 5.41) is 14.1. The van der Waals surface area contributed by atoms with Crippen LogP contribution in [0.4, 0.5) is 0 Å². The van der Waals surface area contributed by atoms with Gasteiger partial charge < -0.3 is 8.83 Å². The normalized spacial score (nSPS) is 12.4. The lowest BCUT2D eigenvalue weighted by atomic mass is 9.89. The minimum Gasteiger partial charge on any atom is -0.455 e. The maximum atomic E-state index is 6.69. The maximum absolute atomic E-state index is 6.69. The molecule has 0 atom stereocenters. The van der Waals surface area contributed by atoms with E-state index in [0.29, 0.717) is 0 Å². The molecule has 36 heavy (non-hydrogen) atoms. The van der Waals surface area contributed by atoms with Gasteiger partial charge in [0.15, 0.2) is 0 Å². The van der Waals surface area contributed by atoms with Crippen molar-refractivity contribution in [1.82, 2.24) is 0 Å². The van der Waals surface area contributed by atoms with Gasteiger partial charge in [-0.25, -0.2) is 0 Å². The zero-order chi connectivity index (χ0) is 23.4. The second kappa shape index (κ2) is 6.44. The zero-order valence-electron chi connectivity index (χ0n) is 19.2. The van der Waals surface area contributed by atoms with E-state index < -0.39 is 0 Å². The number of fused-ring (bicyclic) bond motifs is 10. The summed E-state index contributed by atoms with van der Waals surface area (Å²) < 4.78 is 13.4. The Bertz CT molecular complexity index is 2200. The van der Waals surface area contributed by atoms with Gasteiger partial charge in [-0.15, -0.1) is 0 Å². The molecule has 2 nitrogen and oxygen atoms in total. The summed E-state index contributed by atoms with van der Waals surface area (Å²) >= 11 is 0. The molecule has 0 spiro atoms. The van der Waals surface area contributed by atoms with E-state index in [9.17, 15) is 0 Å². The molecule has 9 aromatic rings. The summed E-state index contributed by atoms with van der Waals surface area (Å²) in [5.74, 6) is 0. The standard InChI is InChI=1S/C34H18O2/c1-3-9-21-19(7-1)15-17-25-29-23-11-6-14-28-32(23)30(24-12-5-13-27(31(24)29)35-33(21)25)26-18-16-20-8-2-4-10-22(20)34(26)36-28/h1-18H. The minimum atomic E-state index is 0.906. The van der Waals surface area contributed by atoms with Crippen molar-refractivity contribution >= 4 is 87.0 Å². The van der Waals surface area contributed by atoms with Gasteiger partial charge in [0.2, 0.25) is 0 Å². The summed E-state index contributed by atoms with van der Waals surface area (Å²) in [6.45, 7) is 0. The predicted octanol–water partition coefficient (Wildman–Crippen LogP) is 10.1. The maximum Gasteiger partial charge on any atom is 0.143 e. The average Bonchev–Trinajstić information content (AvgIpc) is 2.94. The molecule has 0 unspecified atom stereocenters. The molecule has 2 heteroatoms. The predicted molar refractivity (Wildman–Crippen MR) is 151 cm³/mol. The zero-order valence-corrected chi connectivity index (χ0v) is 19.2. The van der Waals surface area contributed by atoms with Gasteiger partial charge in [0, 0.05) is 43.1 Å². The van der Waals surface area contributed by atoms with Crippen molar-refractivity contribution in [3.8, 4) is 0 Å². The van der Waals surface area contributed by atoms with Gasteiger partial charge in [-0.1, -0.05) is 84.9 Å². The fourth-order valence-corrected chi connectivity index (χ4v) is 6.31. The van der Waals surface area contributed by atoms with Crippen LogP contribution in [0.25, 0.3) is 87.0 Å². The fourth-order valence-electron chi connectivity index (χ4n) is 6.31. The number of hydrogen-bond acceptors (Lipinski definition) is 2. The first-order valence-electron chi connectivity index (χ1n) is 12.3. The Morgan fingerprint density at radius 3 is 1.25 bits per heavy atom. The van der Waals surface area contributed by atoms with Crippen molar-refractivity contribution in [2.45, 2.75) is 0 Å². The first kappa shape index (κ1) is 18.5. The van der Waals surface area contributed by atoms with Crippen LogP contribution >= 0.6 is 0 Å². The molecule has 0 bridgehead atoms. The van der Waals surface area contributed by atoms with Crippen molar-refractivity contribution in [3.63, 3.8) is 0 Å². The Kier molecular flexibility index (Phi) is 3.31. The summed E-state index contributed by atoms with van der Waals surface area (Å²) in [7, 11) is 0.